The average molecular weight is 254 g/mol. The Bertz CT molecular complexity index is 543. The highest BCUT2D eigenvalue weighted by molar-refractivity contribution is 5.62. The number of nitrogens with zero attached hydrogens (tertiary/aromatic N) is 1. The molecule has 0 spiro atoms. The number of carbonyl (C=O) groups is 1. The molecule has 0 unspecified atom stereocenters. The minimum atomic E-state index is 0.655. The second-order valence-electron chi connectivity index (χ2n) is 4.43. The van der Waals surface area contributed by atoms with Crippen LogP contribution in [0.15, 0.2) is 60.5 Å². The van der Waals surface area contributed by atoms with E-state index < -0.39 is 0 Å². The first-order chi connectivity index (χ1) is 9.26. The van der Waals surface area contributed by atoms with Crippen LogP contribution in [0.4, 0.5) is 5.69 Å². The molecule has 0 fully saturated rings. The SMILES string of the molecule is C=C/C(=C\C=C(/C)N1CCc2ccccc21)NC=O. The minimum absolute atomic E-state index is 0.655. The molecule has 0 aromatic heterocycles. The second-order valence-corrected chi connectivity index (χ2v) is 4.43. The predicted octanol–water partition coefficient (Wildman–Crippen LogP) is 2.77. The number of fused-ring (bicyclic) bond motifs is 1. The van der Waals surface area contributed by atoms with Gasteiger partial charge in [0.1, 0.15) is 0 Å². The van der Waals surface area contributed by atoms with E-state index in [2.05, 4.69) is 48.0 Å². The molecule has 0 saturated heterocycles. The number of allylic oxidation sites excluding steroid dienone is 4. The van der Waals surface area contributed by atoms with E-state index in [4.69, 9.17) is 0 Å². The molecule has 19 heavy (non-hydrogen) atoms. The van der Waals surface area contributed by atoms with Gasteiger partial charge in [-0.2, -0.15) is 0 Å². The standard InChI is InChI=1S/C16H18N2O/c1-3-15(17-12-19)9-8-13(2)18-11-10-14-6-4-5-7-16(14)18/h3-9,12H,1,10-11H2,2H3,(H,17,19)/b13-8+,15-9+. The summed E-state index contributed by atoms with van der Waals surface area (Å²) in [5.41, 5.74) is 4.50. The molecule has 0 radical (unpaired) electrons. The van der Waals surface area contributed by atoms with Crippen molar-refractivity contribution in [3.8, 4) is 0 Å². The van der Waals surface area contributed by atoms with Crippen molar-refractivity contribution < 1.29 is 4.79 Å². The molecule has 1 aromatic rings. The van der Waals surface area contributed by atoms with Gasteiger partial charge in [-0.15, -0.1) is 0 Å². The van der Waals surface area contributed by atoms with Gasteiger partial charge in [0.25, 0.3) is 0 Å². The lowest BCUT2D eigenvalue weighted by molar-refractivity contribution is -0.108. The molecule has 1 N–H and O–H groups in total. The van der Waals surface area contributed by atoms with Crippen LogP contribution >= 0.6 is 0 Å². The zero-order valence-electron chi connectivity index (χ0n) is 11.1. The highest BCUT2D eigenvalue weighted by atomic mass is 16.1. The normalized spacial score (nSPS) is 15.1. The molecule has 3 nitrogen and oxygen atoms in total. The number of amides is 1. The Balaban J connectivity index is 2.19. The Labute approximate surface area is 113 Å². The Morgan fingerprint density at radius 3 is 2.89 bits per heavy atom. The molecule has 3 heteroatoms. The molecule has 1 aliphatic rings. The smallest absolute Gasteiger partial charge is 0.211 e. The van der Waals surface area contributed by atoms with E-state index >= 15 is 0 Å². The largest absolute Gasteiger partial charge is 0.345 e. The van der Waals surface area contributed by atoms with Crippen molar-refractivity contribution in [2.75, 3.05) is 11.4 Å². The summed E-state index contributed by atoms with van der Waals surface area (Å²) in [6.45, 7) is 6.73. The molecule has 0 saturated carbocycles. The van der Waals surface area contributed by atoms with Gasteiger partial charge in [-0.1, -0.05) is 24.8 Å². The molecule has 1 heterocycles. The fourth-order valence-corrected chi connectivity index (χ4v) is 2.25. The number of carbonyl (C=O) groups excluding carboxylic acids is 1. The van der Waals surface area contributed by atoms with Crippen LogP contribution in [0.25, 0.3) is 0 Å². The molecule has 0 bridgehead atoms. The Morgan fingerprint density at radius 1 is 1.37 bits per heavy atom. The highest BCUT2D eigenvalue weighted by Crippen LogP contribution is 2.30. The minimum Gasteiger partial charge on any atom is -0.345 e. The summed E-state index contributed by atoms with van der Waals surface area (Å²) in [5, 5.41) is 2.60. The number of anilines is 1. The van der Waals surface area contributed by atoms with Gasteiger partial charge in [-0.05, 0) is 43.2 Å². The van der Waals surface area contributed by atoms with Crippen LogP contribution in [0.5, 0.6) is 0 Å². The summed E-state index contributed by atoms with van der Waals surface area (Å²) in [6.07, 6.45) is 7.21. The molecule has 98 valence electrons. The third kappa shape index (κ3) is 2.94. The highest BCUT2D eigenvalue weighted by Gasteiger charge is 2.18. The van der Waals surface area contributed by atoms with Crippen LogP contribution in [0.2, 0.25) is 0 Å². The Morgan fingerprint density at radius 2 is 2.16 bits per heavy atom. The van der Waals surface area contributed by atoms with E-state index in [0.717, 1.165) is 18.7 Å². The first-order valence-electron chi connectivity index (χ1n) is 6.33. The van der Waals surface area contributed by atoms with Crippen LogP contribution in [-0.2, 0) is 11.2 Å². The summed E-state index contributed by atoms with van der Waals surface area (Å²) in [6, 6.07) is 8.44. The van der Waals surface area contributed by atoms with Crippen molar-refractivity contribution in [1.82, 2.24) is 5.32 Å². The third-order valence-electron chi connectivity index (χ3n) is 3.26. The Hall–Kier alpha value is -2.29. The van der Waals surface area contributed by atoms with Crippen molar-refractivity contribution in [2.24, 2.45) is 0 Å². The summed E-state index contributed by atoms with van der Waals surface area (Å²) >= 11 is 0. The third-order valence-corrected chi connectivity index (χ3v) is 3.26. The molecule has 0 aliphatic carbocycles. The number of para-hydroxylation sites is 1. The Kier molecular flexibility index (Phi) is 4.18. The zero-order chi connectivity index (χ0) is 13.7. The molecule has 2 rings (SSSR count). The van der Waals surface area contributed by atoms with E-state index in [9.17, 15) is 4.79 Å². The molecule has 1 aliphatic heterocycles. The summed E-state index contributed by atoms with van der Waals surface area (Å²) < 4.78 is 0. The van der Waals surface area contributed by atoms with Gasteiger partial charge in [-0.25, -0.2) is 0 Å². The fourth-order valence-electron chi connectivity index (χ4n) is 2.25. The van der Waals surface area contributed by atoms with Crippen LogP contribution < -0.4 is 10.2 Å². The number of hydrogen-bond acceptors (Lipinski definition) is 2. The maximum absolute atomic E-state index is 10.4. The van der Waals surface area contributed by atoms with Gasteiger partial charge < -0.3 is 10.2 Å². The first kappa shape index (κ1) is 13.1. The van der Waals surface area contributed by atoms with Gasteiger partial charge in [0.05, 0.1) is 0 Å². The summed E-state index contributed by atoms with van der Waals surface area (Å²) in [5.74, 6) is 0. The maximum Gasteiger partial charge on any atom is 0.211 e. The van der Waals surface area contributed by atoms with E-state index in [1.165, 1.54) is 11.3 Å². The van der Waals surface area contributed by atoms with Gasteiger partial charge in [0.15, 0.2) is 0 Å². The van der Waals surface area contributed by atoms with Gasteiger partial charge in [0.2, 0.25) is 6.41 Å². The van der Waals surface area contributed by atoms with E-state index in [-0.39, 0.29) is 0 Å². The quantitative estimate of drug-likeness (QED) is 0.647. The van der Waals surface area contributed by atoms with Crippen molar-refractivity contribution in [2.45, 2.75) is 13.3 Å². The second kappa shape index (κ2) is 6.05. The van der Waals surface area contributed by atoms with Crippen molar-refractivity contribution in [3.63, 3.8) is 0 Å². The fraction of sp³-hybridized carbons (Fsp3) is 0.188. The molecular formula is C16H18N2O. The number of hydrogen-bond donors (Lipinski definition) is 1. The summed E-state index contributed by atoms with van der Waals surface area (Å²) in [4.78, 5) is 12.7. The average Bonchev–Trinajstić information content (AvgIpc) is 2.87. The van der Waals surface area contributed by atoms with E-state index in [0.29, 0.717) is 12.1 Å². The van der Waals surface area contributed by atoms with Gasteiger partial charge >= 0.3 is 0 Å². The van der Waals surface area contributed by atoms with E-state index in [1.807, 2.05) is 12.2 Å². The first-order valence-corrected chi connectivity index (χ1v) is 6.33. The van der Waals surface area contributed by atoms with Crippen LogP contribution in [0.1, 0.15) is 12.5 Å². The number of nitrogens with one attached hydrogen (secondary N) is 1. The lowest BCUT2D eigenvalue weighted by Gasteiger charge is -2.19. The van der Waals surface area contributed by atoms with Crippen molar-refractivity contribution in [1.29, 1.82) is 0 Å². The van der Waals surface area contributed by atoms with E-state index in [1.54, 1.807) is 6.08 Å². The van der Waals surface area contributed by atoms with Crippen LogP contribution in [0, 0.1) is 0 Å². The zero-order valence-corrected chi connectivity index (χ0v) is 11.1. The van der Waals surface area contributed by atoms with Crippen LogP contribution in [-0.4, -0.2) is 13.0 Å². The topological polar surface area (TPSA) is 32.3 Å². The monoisotopic (exact) mass is 254 g/mol. The molecule has 1 aromatic carbocycles. The maximum atomic E-state index is 10.4. The molecule has 0 atom stereocenters. The van der Waals surface area contributed by atoms with Crippen molar-refractivity contribution >= 4 is 12.1 Å². The summed E-state index contributed by atoms with van der Waals surface area (Å²) in [7, 11) is 0. The number of benzene rings is 1. The van der Waals surface area contributed by atoms with Crippen LogP contribution in [0.3, 0.4) is 0 Å². The lowest BCUT2D eigenvalue weighted by atomic mass is 10.2. The van der Waals surface area contributed by atoms with Crippen molar-refractivity contribution in [3.05, 3.63) is 66.0 Å². The predicted molar refractivity (Wildman–Crippen MR) is 78.7 cm³/mol. The van der Waals surface area contributed by atoms with Gasteiger partial charge in [-0.3, -0.25) is 4.79 Å². The lowest BCUT2D eigenvalue weighted by Crippen LogP contribution is -2.17. The molecular weight excluding hydrogens is 236 g/mol. The number of rotatable bonds is 5. The molecule has 1 amide bonds. The van der Waals surface area contributed by atoms with Gasteiger partial charge in [0, 0.05) is 23.6 Å².